The van der Waals surface area contributed by atoms with E-state index >= 15 is 0 Å². The van der Waals surface area contributed by atoms with Gasteiger partial charge in [0.2, 0.25) is 23.6 Å². The molecule has 0 unspecified atom stereocenters. The number of carbonyl (C=O) groups is 4. The third-order valence-electron chi connectivity index (χ3n) is 4.82. The molecule has 4 amide bonds. The standard InChI is InChI=1S/C17H28N4O4/c1-10(2)5-6-12(20-16(24)11-7-8-14(22)19-11)17(25)21-9-3-4-13(21)15(18)23/h10-13H,3-9H2,1-2H3,(H2,18,23)(H,19,22)(H,20,24)/t11-,12+,13-/m0/s1. The fourth-order valence-electron chi connectivity index (χ4n) is 3.37. The van der Waals surface area contributed by atoms with Crippen molar-refractivity contribution in [3.8, 4) is 0 Å². The van der Waals surface area contributed by atoms with Crippen molar-refractivity contribution in [1.29, 1.82) is 0 Å². The predicted octanol–water partition coefficient (Wildman–Crippen LogP) is -0.338. The van der Waals surface area contributed by atoms with E-state index < -0.39 is 24.0 Å². The summed E-state index contributed by atoms with van der Waals surface area (Å²) in [5.74, 6) is -0.896. The van der Waals surface area contributed by atoms with Gasteiger partial charge in [-0.15, -0.1) is 0 Å². The van der Waals surface area contributed by atoms with E-state index in [-0.39, 0.29) is 17.7 Å². The molecule has 0 saturated carbocycles. The molecule has 0 bridgehead atoms. The Morgan fingerprint density at radius 2 is 2.00 bits per heavy atom. The van der Waals surface area contributed by atoms with Crippen LogP contribution in [0, 0.1) is 5.92 Å². The zero-order chi connectivity index (χ0) is 18.6. The van der Waals surface area contributed by atoms with Gasteiger partial charge in [0.05, 0.1) is 0 Å². The number of carbonyl (C=O) groups excluding carboxylic acids is 4. The molecule has 2 saturated heterocycles. The van der Waals surface area contributed by atoms with Gasteiger partial charge in [-0.05, 0) is 38.0 Å². The molecule has 2 fully saturated rings. The fraction of sp³-hybridized carbons (Fsp3) is 0.765. The highest BCUT2D eigenvalue weighted by Crippen LogP contribution is 2.20. The van der Waals surface area contributed by atoms with Gasteiger partial charge in [-0.3, -0.25) is 19.2 Å². The molecule has 2 aliphatic heterocycles. The fourth-order valence-corrected chi connectivity index (χ4v) is 3.37. The highest BCUT2D eigenvalue weighted by Gasteiger charge is 2.37. The normalized spacial score (nSPS) is 24.3. The molecule has 0 spiro atoms. The molecular formula is C17H28N4O4. The van der Waals surface area contributed by atoms with Crippen LogP contribution in [0.2, 0.25) is 0 Å². The van der Waals surface area contributed by atoms with E-state index in [0.717, 1.165) is 12.8 Å². The number of nitrogens with zero attached hydrogens (tertiary/aromatic N) is 1. The zero-order valence-corrected chi connectivity index (χ0v) is 14.9. The van der Waals surface area contributed by atoms with E-state index in [1.807, 2.05) is 13.8 Å². The van der Waals surface area contributed by atoms with Crippen LogP contribution in [0.1, 0.15) is 52.4 Å². The molecule has 4 N–H and O–H groups in total. The molecule has 0 aliphatic carbocycles. The Bertz CT molecular complexity index is 549. The summed E-state index contributed by atoms with van der Waals surface area (Å²) in [5.41, 5.74) is 5.40. The van der Waals surface area contributed by atoms with E-state index in [1.54, 1.807) is 0 Å². The largest absolute Gasteiger partial charge is 0.368 e. The van der Waals surface area contributed by atoms with Gasteiger partial charge in [0.25, 0.3) is 0 Å². The van der Waals surface area contributed by atoms with Gasteiger partial charge in [-0.2, -0.15) is 0 Å². The Kier molecular flexibility index (Phi) is 6.39. The van der Waals surface area contributed by atoms with E-state index in [4.69, 9.17) is 5.73 Å². The number of amides is 4. The second-order valence-corrected chi connectivity index (χ2v) is 7.28. The average Bonchev–Trinajstić information content (AvgIpc) is 3.19. The zero-order valence-electron chi connectivity index (χ0n) is 14.9. The van der Waals surface area contributed by atoms with Crippen molar-refractivity contribution in [3.05, 3.63) is 0 Å². The molecular weight excluding hydrogens is 324 g/mol. The smallest absolute Gasteiger partial charge is 0.245 e. The van der Waals surface area contributed by atoms with Crippen LogP contribution < -0.4 is 16.4 Å². The number of primary amides is 1. The molecule has 8 nitrogen and oxygen atoms in total. The average molecular weight is 352 g/mol. The Balaban J connectivity index is 2.06. The Hall–Kier alpha value is -2.12. The summed E-state index contributed by atoms with van der Waals surface area (Å²) >= 11 is 0. The van der Waals surface area contributed by atoms with E-state index in [9.17, 15) is 19.2 Å². The maximum Gasteiger partial charge on any atom is 0.245 e. The van der Waals surface area contributed by atoms with Gasteiger partial charge in [0.1, 0.15) is 18.1 Å². The van der Waals surface area contributed by atoms with Crippen LogP contribution in [-0.4, -0.2) is 53.2 Å². The lowest BCUT2D eigenvalue weighted by Gasteiger charge is -2.28. The van der Waals surface area contributed by atoms with Gasteiger partial charge in [-0.1, -0.05) is 13.8 Å². The van der Waals surface area contributed by atoms with Crippen LogP contribution in [0.3, 0.4) is 0 Å². The minimum absolute atomic E-state index is 0.154. The maximum absolute atomic E-state index is 12.9. The first kappa shape index (κ1) is 19.2. The summed E-state index contributed by atoms with van der Waals surface area (Å²) in [6.07, 6.45) is 3.29. The lowest BCUT2D eigenvalue weighted by atomic mass is 10.0. The van der Waals surface area contributed by atoms with Crippen LogP contribution in [0.25, 0.3) is 0 Å². The Labute approximate surface area is 147 Å². The van der Waals surface area contributed by atoms with Crippen molar-refractivity contribution in [3.63, 3.8) is 0 Å². The van der Waals surface area contributed by atoms with Gasteiger partial charge in [-0.25, -0.2) is 0 Å². The topological polar surface area (TPSA) is 122 Å². The van der Waals surface area contributed by atoms with Crippen molar-refractivity contribution >= 4 is 23.6 Å². The van der Waals surface area contributed by atoms with E-state index in [2.05, 4.69) is 10.6 Å². The number of hydrogen-bond acceptors (Lipinski definition) is 4. The van der Waals surface area contributed by atoms with Gasteiger partial charge < -0.3 is 21.3 Å². The third kappa shape index (κ3) is 4.93. The monoisotopic (exact) mass is 352 g/mol. The van der Waals surface area contributed by atoms with Crippen molar-refractivity contribution in [1.82, 2.24) is 15.5 Å². The van der Waals surface area contributed by atoms with E-state index in [0.29, 0.717) is 38.1 Å². The summed E-state index contributed by atoms with van der Waals surface area (Å²) in [5, 5.41) is 5.38. The van der Waals surface area contributed by atoms with Crippen molar-refractivity contribution in [2.45, 2.75) is 70.5 Å². The molecule has 3 atom stereocenters. The van der Waals surface area contributed by atoms with Gasteiger partial charge >= 0.3 is 0 Å². The maximum atomic E-state index is 12.9. The van der Waals surface area contributed by atoms with Gasteiger partial charge in [0, 0.05) is 13.0 Å². The lowest BCUT2D eigenvalue weighted by Crippen LogP contribution is -2.55. The molecule has 25 heavy (non-hydrogen) atoms. The van der Waals surface area contributed by atoms with Crippen LogP contribution in [0.4, 0.5) is 0 Å². The summed E-state index contributed by atoms with van der Waals surface area (Å²) in [6.45, 7) is 4.56. The van der Waals surface area contributed by atoms with Crippen LogP contribution >= 0.6 is 0 Å². The van der Waals surface area contributed by atoms with Gasteiger partial charge in [0.15, 0.2) is 0 Å². The second kappa shape index (κ2) is 8.31. The highest BCUT2D eigenvalue weighted by molar-refractivity contribution is 5.95. The summed E-state index contributed by atoms with van der Waals surface area (Å²) in [6, 6.07) is -1.89. The Morgan fingerprint density at radius 3 is 2.56 bits per heavy atom. The SMILES string of the molecule is CC(C)CC[C@@H](NC(=O)[C@@H]1CCC(=O)N1)C(=O)N1CCC[C@H]1C(N)=O. The minimum atomic E-state index is -0.702. The van der Waals surface area contributed by atoms with Crippen molar-refractivity contribution in [2.75, 3.05) is 6.54 Å². The first-order chi connectivity index (χ1) is 11.8. The molecule has 8 heteroatoms. The molecule has 140 valence electrons. The number of rotatable bonds is 7. The second-order valence-electron chi connectivity index (χ2n) is 7.28. The molecule has 2 rings (SSSR count). The third-order valence-corrected chi connectivity index (χ3v) is 4.82. The first-order valence-electron chi connectivity index (χ1n) is 8.99. The molecule has 0 aromatic carbocycles. The Morgan fingerprint density at radius 1 is 1.28 bits per heavy atom. The van der Waals surface area contributed by atoms with Crippen LogP contribution in [0.15, 0.2) is 0 Å². The summed E-state index contributed by atoms with van der Waals surface area (Å²) in [7, 11) is 0. The lowest BCUT2D eigenvalue weighted by molar-refractivity contribution is -0.141. The van der Waals surface area contributed by atoms with Crippen molar-refractivity contribution in [2.24, 2.45) is 11.7 Å². The number of nitrogens with two attached hydrogens (primary N) is 1. The number of nitrogens with one attached hydrogen (secondary N) is 2. The molecule has 2 heterocycles. The predicted molar refractivity (Wildman–Crippen MR) is 91.1 cm³/mol. The molecule has 0 radical (unpaired) electrons. The van der Waals surface area contributed by atoms with E-state index in [1.165, 1.54) is 4.90 Å². The quantitative estimate of drug-likeness (QED) is 0.580. The molecule has 0 aromatic rings. The summed E-state index contributed by atoms with van der Waals surface area (Å²) < 4.78 is 0. The highest BCUT2D eigenvalue weighted by atomic mass is 16.2. The number of likely N-dealkylation sites (tertiary alicyclic amines) is 1. The van der Waals surface area contributed by atoms with Crippen molar-refractivity contribution < 1.29 is 19.2 Å². The molecule has 2 aliphatic rings. The van der Waals surface area contributed by atoms with Crippen LogP contribution in [0.5, 0.6) is 0 Å². The minimum Gasteiger partial charge on any atom is -0.368 e. The number of hydrogen-bond donors (Lipinski definition) is 3. The van der Waals surface area contributed by atoms with Crippen LogP contribution in [-0.2, 0) is 19.2 Å². The first-order valence-corrected chi connectivity index (χ1v) is 8.99. The summed E-state index contributed by atoms with van der Waals surface area (Å²) in [4.78, 5) is 49.7. The molecule has 0 aromatic heterocycles.